The second-order valence-electron chi connectivity index (χ2n) is 4.90. The fraction of sp³-hybridized carbons (Fsp3) is 0.385. The van der Waals surface area contributed by atoms with Crippen molar-refractivity contribution in [3.05, 3.63) is 22.6 Å². The molecule has 0 saturated carbocycles. The molecular weight excluding hydrogens is 290 g/mol. The van der Waals surface area contributed by atoms with E-state index in [1.165, 1.54) is 22.2 Å². The molecule has 3 heterocycles. The Labute approximate surface area is 125 Å². The minimum atomic E-state index is 0.340. The van der Waals surface area contributed by atoms with Crippen LogP contribution in [0.4, 0.5) is 0 Å². The zero-order valence-corrected chi connectivity index (χ0v) is 13.4. The van der Waals surface area contributed by atoms with Crippen LogP contribution in [0.1, 0.15) is 36.0 Å². The van der Waals surface area contributed by atoms with Crippen molar-refractivity contribution in [1.29, 1.82) is 0 Å². The summed E-state index contributed by atoms with van der Waals surface area (Å²) in [7, 11) is 0. The first kappa shape index (κ1) is 13.5. The molecule has 0 aliphatic rings. The second kappa shape index (κ2) is 5.14. The number of rotatable bonds is 3. The average molecular weight is 305 g/mol. The van der Waals surface area contributed by atoms with Gasteiger partial charge in [0.15, 0.2) is 0 Å². The van der Waals surface area contributed by atoms with Crippen molar-refractivity contribution < 1.29 is 0 Å². The Bertz CT molecular complexity index is 759. The summed E-state index contributed by atoms with van der Waals surface area (Å²) < 4.78 is 0. The maximum atomic E-state index is 4.49. The topological polar surface area (TPSA) is 67.3 Å². The third-order valence-corrected chi connectivity index (χ3v) is 5.13. The Kier molecular flexibility index (Phi) is 3.47. The molecule has 0 unspecified atom stereocenters. The number of nitrogens with one attached hydrogen (secondary N) is 1. The van der Waals surface area contributed by atoms with Crippen LogP contribution in [-0.2, 0) is 0 Å². The number of aryl methyl sites for hydroxylation is 2. The predicted octanol–water partition coefficient (Wildman–Crippen LogP) is 3.70. The standard InChI is InChI=1S/C13H15N5S2/c1-6(2)10-16-13(18-17-10)20-12-9-7(3)8(4)19-11(9)14-5-15-12/h5-6H,1-4H3,(H,16,17,18). The van der Waals surface area contributed by atoms with Crippen molar-refractivity contribution in [2.75, 3.05) is 0 Å². The van der Waals surface area contributed by atoms with E-state index in [1.807, 2.05) is 0 Å². The first-order valence-corrected chi connectivity index (χ1v) is 8.00. The molecule has 3 aromatic rings. The van der Waals surface area contributed by atoms with Crippen LogP contribution in [0, 0.1) is 13.8 Å². The Morgan fingerprint density at radius 1 is 1.25 bits per heavy atom. The van der Waals surface area contributed by atoms with Crippen LogP contribution in [0.3, 0.4) is 0 Å². The van der Waals surface area contributed by atoms with Gasteiger partial charge in [0.1, 0.15) is 22.0 Å². The highest BCUT2D eigenvalue weighted by Gasteiger charge is 2.15. The molecule has 1 N–H and O–H groups in total. The predicted molar refractivity (Wildman–Crippen MR) is 81.5 cm³/mol. The lowest BCUT2D eigenvalue weighted by Gasteiger charge is -1.99. The minimum Gasteiger partial charge on any atom is -0.262 e. The second-order valence-corrected chi connectivity index (χ2v) is 7.06. The van der Waals surface area contributed by atoms with Gasteiger partial charge in [-0.05, 0) is 31.2 Å². The van der Waals surface area contributed by atoms with E-state index in [2.05, 4.69) is 52.8 Å². The summed E-state index contributed by atoms with van der Waals surface area (Å²) >= 11 is 3.19. The number of nitrogens with zero attached hydrogens (tertiary/aromatic N) is 4. The molecule has 104 valence electrons. The van der Waals surface area contributed by atoms with Gasteiger partial charge in [-0.1, -0.05) is 13.8 Å². The molecule has 5 nitrogen and oxygen atoms in total. The summed E-state index contributed by atoms with van der Waals surface area (Å²) in [5.41, 5.74) is 1.24. The molecule has 3 aromatic heterocycles. The van der Waals surface area contributed by atoms with Crippen LogP contribution in [-0.4, -0.2) is 25.1 Å². The van der Waals surface area contributed by atoms with Crippen molar-refractivity contribution in [3.63, 3.8) is 0 Å². The van der Waals surface area contributed by atoms with Crippen molar-refractivity contribution in [2.24, 2.45) is 0 Å². The lowest BCUT2D eigenvalue weighted by Crippen LogP contribution is -1.89. The van der Waals surface area contributed by atoms with Crippen molar-refractivity contribution in [1.82, 2.24) is 25.1 Å². The molecule has 0 aromatic carbocycles. The van der Waals surface area contributed by atoms with Gasteiger partial charge in [0.25, 0.3) is 0 Å². The van der Waals surface area contributed by atoms with Gasteiger partial charge in [-0.2, -0.15) is 0 Å². The van der Waals surface area contributed by atoms with E-state index in [-0.39, 0.29) is 0 Å². The van der Waals surface area contributed by atoms with Crippen molar-refractivity contribution in [3.8, 4) is 0 Å². The normalized spacial score (nSPS) is 11.7. The van der Waals surface area contributed by atoms with Crippen molar-refractivity contribution >= 4 is 33.3 Å². The molecular formula is C13H15N5S2. The molecule has 0 aliphatic carbocycles. The molecule has 20 heavy (non-hydrogen) atoms. The molecule has 0 bridgehead atoms. The maximum absolute atomic E-state index is 4.49. The molecule has 0 aliphatic heterocycles. The van der Waals surface area contributed by atoms with Gasteiger partial charge in [0.05, 0.1) is 0 Å². The summed E-state index contributed by atoms with van der Waals surface area (Å²) in [5, 5.41) is 9.97. The van der Waals surface area contributed by atoms with Gasteiger partial charge in [-0.15, -0.1) is 16.4 Å². The molecule has 0 amide bonds. The number of aromatic amines is 1. The van der Waals surface area contributed by atoms with E-state index >= 15 is 0 Å². The van der Waals surface area contributed by atoms with Gasteiger partial charge < -0.3 is 0 Å². The van der Waals surface area contributed by atoms with Gasteiger partial charge in [0, 0.05) is 16.2 Å². The van der Waals surface area contributed by atoms with E-state index in [1.54, 1.807) is 17.7 Å². The van der Waals surface area contributed by atoms with E-state index in [9.17, 15) is 0 Å². The summed E-state index contributed by atoms with van der Waals surface area (Å²) in [6, 6.07) is 0. The van der Waals surface area contributed by atoms with Crippen LogP contribution in [0.2, 0.25) is 0 Å². The lowest BCUT2D eigenvalue weighted by molar-refractivity contribution is 0.780. The van der Waals surface area contributed by atoms with Crippen LogP contribution < -0.4 is 0 Å². The van der Waals surface area contributed by atoms with Crippen LogP contribution in [0.5, 0.6) is 0 Å². The third kappa shape index (κ3) is 2.31. The van der Waals surface area contributed by atoms with E-state index < -0.39 is 0 Å². The maximum Gasteiger partial charge on any atom is 0.214 e. The van der Waals surface area contributed by atoms with Gasteiger partial charge >= 0.3 is 0 Å². The first-order valence-electron chi connectivity index (χ1n) is 6.37. The van der Waals surface area contributed by atoms with E-state index in [0.717, 1.165) is 21.1 Å². The Hall–Kier alpha value is -1.47. The number of hydrogen-bond acceptors (Lipinski definition) is 6. The summed E-state index contributed by atoms with van der Waals surface area (Å²) in [6.07, 6.45) is 1.61. The summed E-state index contributed by atoms with van der Waals surface area (Å²) in [6.45, 7) is 8.40. The summed E-state index contributed by atoms with van der Waals surface area (Å²) in [5.74, 6) is 1.24. The Morgan fingerprint density at radius 3 is 2.75 bits per heavy atom. The minimum absolute atomic E-state index is 0.340. The lowest BCUT2D eigenvalue weighted by atomic mass is 10.2. The van der Waals surface area contributed by atoms with Gasteiger partial charge in [0.2, 0.25) is 5.16 Å². The quantitative estimate of drug-likeness (QED) is 0.747. The molecule has 0 fully saturated rings. The number of H-pyrrole nitrogens is 1. The average Bonchev–Trinajstić information content (AvgIpc) is 2.97. The molecule has 7 heteroatoms. The fourth-order valence-corrected chi connectivity index (χ4v) is 3.80. The zero-order chi connectivity index (χ0) is 14.3. The van der Waals surface area contributed by atoms with Crippen molar-refractivity contribution in [2.45, 2.75) is 43.8 Å². The van der Waals surface area contributed by atoms with Crippen LogP contribution >= 0.6 is 23.1 Å². The Balaban J connectivity index is 2.01. The molecule has 0 saturated heterocycles. The number of aromatic nitrogens is 5. The van der Waals surface area contributed by atoms with Gasteiger partial charge in [-0.3, -0.25) is 5.10 Å². The highest BCUT2D eigenvalue weighted by molar-refractivity contribution is 7.99. The van der Waals surface area contributed by atoms with Crippen LogP contribution in [0.15, 0.2) is 16.5 Å². The molecule has 0 radical (unpaired) electrons. The largest absolute Gasteiger partial charge is 0.262 e. The van der Waals surface area contributed by atoms with Gasteiger partial charge in [-0.25, -0.2) is 15.0 Å². The summed E-state index contributed by atoms with van der Waals surface area (Å²) in [4.78, 5) is 15.5. The van der Waals surface area contributed by atoms with E-state index in [0.29, 0.717) is 11.1 Å². The van der Waals surface area contributed by atoms with Crippen LogP contribution in [0.25, 0.3) is 10.2 Å². The number of hydrogen-bond donors (Lipinski definition) is 1. The third-order valence-electron chi connectivity index (χ3n) is 3.15. The molecule has 0 atom stereocenters. The molecule has 0 spiro atoms. The fourth-order valence-electron chi connectivity index (χ4n) is 1.88. The SMILES string of the molecule is Cc1sc2ncnc(Sc3n[nH]c(C(C)C)n3)c2c1C. The number of thiophene rings is 1. The highest BCUT2D eigenvalue weighted by atomic mass is 32.2. The monoisotopic (exact) mass is 305 g/mol. The zero-order valence-electron chi connectivity index (χ0n) is 11.8. The first-order chi connectivity index (χ1) is 9.56. The van der Waals surface area contributed by atoms with E-state index in [4.69, 9.17) is 0 Å². The Morgan fingerprint density at radius 2 is 2.05 bits per heavy atom. The highest BCUT2D eigenvalue weighted by Crippen LogP contribution is 2.36. The number of fused-ring (bicyclic) bond motifs is 1. The molecule has 3 rings (SSSR count). The smallest absolute Gasteiger partial charge is 0.214 e.